The van der Waals surface area contributed by atoms with Gasteiger partial charge in [0.15, 0.2) is 0 Å². The third kappa shape index (κ3) is 2.29. The van der Waals surface area contributed by atoms with E-state index in [-0.39, 0.29) is 6.04 Å². The van der Waals surface area contributed by atoms with Gasteiger partial charge in [-0.05, 0) is 52.1 Å². The van der Waals surface area contributed by atoms with Gasteiger partial charge in [-0.1, -0.05) is 24.3 Å². The fraction of sp³-hybridized carbons (Fsp3) is 0.167. The summed E-state index contributed by atoms with van der Waals surface area (Å²) in [5, 5.41) is 2.07. The Bertz CT molecular complexity index is 468. The van der Waals surface area contributed by atoms with Crippen LogP contribution in [-0.4, -0.2) is 0 Å². The number of hydrogen-bond donors (Lipinski definition) is 2. The van der Waals surface area contributed by atoms with E-state index < -0.39 is 0 Å². The largest absolute Gasteiger partial charge is 0.271 e. The van der Waals surface area contributed by atoms with Crippen molar-refractivity contribution < 1.29 is 0 Å². The summed E-state index contributed by atoms with van der Waals surface area (Å²) in [5.41, 5.74) is 5.42. The minimum absolute atomic E-state index is 0.0896. The molecule has 0 aliphatic heterocycles. The highest BCUT2D eigenvalue weighted by molar-refractivity contribution is 14.1. The van der Waals surface area contributed by atoms with Crippen LogP contribution in [0.15, 0.2) is 35.7 Å². The van der Waals surface area contributed by atoms with Gasteiger partial charge >= 0.3 is 0 Å². The van der Waals surface area contributed by atoms with Crippen LogP contribution in [0.3, 0.4) is 0 Å². The summed E-state index contributed by atoms with van der Waals surface area (Å²) in [4.78, 5) is 1.24. The minimum Gasteiger partial charge on any atom is -0.271 e. The van der Waals surface area contributed by atoms with Crippen molar-refractivity contribution in [1.82, 2.24) is 5.43 Å². The Morgan fingerprint density at radius 2 is 2.12 bits per heavy atom. The van der Waals surface area contributed by atoms with Crippen LogP contribution in [0.1, 0.15) is 22.0 Å². The quantitative estimate of drug-likeness (QED) is 0.510. The lowest BCUT2D eigenvalue weighted by Crippen LogP contribution is -2.28. The molecule has 0 amide bonds. The van der Waals surface area contributed by atoms with Crippen LogP contribution in [-0.2, 0) is 0 Å². The first-order chi connectivity index (χ1) is 7.74. The number of thiophene rings is 1. The van der Waals surface area contributed by atoms with Gasteiger partial charge in [0.1, 0.15) is 0 Å². The molecule has 0 saturated heterocycles. The number of rotatable bonds is 3. The highest BCUT2D eigenvalue weighted by Crippen LogP contribution is 2.29. The third-order valence-electron chi connectivity index (χ3n) is 2.53. The normalized spacial score (nSPS) is 12.7. The van der Waals surface area contributed by atoms with Gasteiger partial charge in [-0.15, -0.1) is 11.3 Å². The first-order valence-electron chi connectivity index (χ1n) is 4.98. The van der Waals surface area contributed by atoms with Gasteiger partial charge in [-0.2, -0.15) is 0 Å². The zero-order chi connectivity index (χ0) is 11.5. The molecule has 0 radical (unpaired) electrons. The van der Waals surface area contributed by atoms with Crippen molar-refractivity contribution in [1.29, 1.82) is 0 Å². The molecule has 1 aromatic heterocycles. The Balaban J connectivity index is 2.45. The van der Waals surface area contributed by atoms with Crippen molar-refractivity contribution in [2.45, 2.75) is 13.0 Å². The second kappa shape index (κ2) is 5.27. The molecule has 0 fully saturated rings. The number of halogens is 1. The molecule has 2 nitrogen and oxygen atoms in total. The maximum Gasteiger partial charge on any atom is 0.0812 e. The second-order valence-electron chi connectivity index (χ2n) is 3.59. The summed E-state index contributed by atoms with van der Waals surface area (Å²) < 4.78 is 1.27. The molecule has 1 unspecified atom stereocenters. The number of aryl methyl sites for hydroxylation is 1. The van der Waals surface area contributed by atoms with Crippen molar-refractivity contribution in [2.75, 3.05) is 0 Å². The van der Waals surface area contributed by atoms with Gasteiger partial charge in [0.25, 0.3) is 0 Å². The molecule has 0 bridgehead atoms. The Morgan fingerprint density at radius 1 is 1.31 bits per heavy atom. The van der Waals surface area contributed by atoms with E-state index in [4.69, 9.17) is 5.84 Å². The van der Waals surface area contributed by atoms with Gasteiger partial charge in [0.05, 0.1) is 6.04 Å². The Hall–Kier alpha value is -0.430. The first kappa shape index (κ1) is 12.0. The van der Waals surface area contributed by atoms with E-state index in [2.05, 4.69) is 64.6 Å². The van der Waals surface area contributed by atoms with Crippen LogP contribution in [0.5, 0.6) is 0 Å². The number of hydrazine groups is 1. The Kier molecular flexibility index (Phi) is 3.96. The molecule has 16 heavy (non-hydrogen) atoms. The number of nitrogens with two attached hydrogens (primary N) is 1. The van der Waals surface area contributed by atoms with E-state index in [1.165, 1.54) is 19.6 Å². The van der Waals surface area contributed by atoms with E-state index in [1.807, 2.05) is 6.07 Å². The highest BCUT2D eigenvalue weighted by atomic mass is 127. The topological polar surface area (TPSA) is 38.0 Å². The van der Waals surface area contributed by atoms with Gasteiger partial charge in [0.2, 0.25) is 0 Å². The molecule has 1 atom stereocenters. The van der Waals surface area contributed by atoms with Crippen LogP contribution in [0.4, 0.5) is 0 Å². The maximum atomic E-state index is 5.67. The molecule has 1 heterocycles. The van der Waals surface area contributed by atoms with Crippen molar-refractivity contribution in [3.05, 3.63) is 55.3 Å². The zero-order valence-corrected chi connectivity index (χ0v) is 11.9. The van der Waals surface area contributed by atoms with Crippen LogP contribution in [0, 0.1) is 10.5 Å². The third-order valence-corrected chi connectivity index (χ3v) is 4.94. The molecule has 2 rings (SSSR count). The average molecular weight is 344 g/mol. The van der Waals surface area contributed by atoms with E-state index >= 15 is 0 Å². The van der Waals surface area contributed by atoms with E-state index in [0.29, 0.717) is 0 Å². The molecule has 3 N–H and O–H groups in total. The predicted molar refractivity (Wildman–Crippen MR) is 77.4 cm³/mol. The van der Waals surface area contributed by atoms with Crippen molar-refractivity contribution in [3.63, 3.8) is 0 Å². The number of benzene rings is 1. The van der Waals surface area contributed by atoms with Gasteiger partial charge < -0.3 is 0 Å². The lowest BCUT2D eigenvalue weighted by atomic mass is 10.0. The molecular formula is C12H13IN2S. The number of nitrogens with one attached hydrogen (secondary N) is 1. The first-order valence-corrected chi connectivity index (χ1v) is 6.94. The summed E-state index contributed by atoms with van der Waals surface area (Å²) in [7, 11) is 0. The molecule has 0 saturated carbocycles. The van der Waals surface area contributed by atoms with Crippen molar-refractivity contribution in [3.8, 4) is 0 Å². The second-order valence-corrected chi connectivity index (χ2v) is 5.65. The molecule has 0 aliphatic carbocycles. The fourth-order valence-electron chi connectivity index (χ4n) is 1.67. The summed E-state index contributed by atoms with van der Waals surface area (Å²) in [5.74, 6) is 5.67. The van der Waals surface area contributed by atoms with E-state index in [9.17, 15) is 0 Å². The molecule has 4 heteroatoms. The molecule has 0 spiro atoms. The van der Waals surface area contributed by atoms with Crippen LogP contribution >= 0.6 is 33.9 Å². The van der Waals surface area contributed by atoms with Crippen LogP contribution in [0.25, 0.3) is 0 Å². The Morgan fingerprint density at radius 3 is 2.75 bits per heavy atom. The van der Waals surface area contributed by atoms with Gasteiger partial charge in [-0.3, -0.25) is 5.84 Å². The van der Waals surface area contributed by atoms with Gasteiger partial charge in [0, 0.05) is 8.45 Å². The van der Waals surface area contributed by atoms with Crippen LogP contribution < -0.4 is 11.3 Å². The molecule has 84 valence electrons. The predicted octanol–water partition coefficient (Wildman–Crippen LogP) is 3.21. The lowest BCUT2D eigenvalue weighted by molar-refractivity contribution is 0.643. The SMILES string of the molecule is Cc1cccc(C(NN)c2cccs2)c1I. The van der Waals surface area contributed by atoms with Crippen molar-refractivity contribution >= 4 is 33.9 Å². The minimum atomic E-state index is 0.0896. The number of hydrogen-bond acceptors (Lipinski definition) is 3. The molecule has 0 aliphatic rings. The average Bonchev–Trinajstić information content (AvgIpc) is 2.79. The monoisotopic (exact) mass is 344 g/mol. The maximum absolute atomic E-state index is 5.67. The lowest BCUT2D eigenvalue weighted by Gasteiger charge is -2.17. The zero-order valence-electron chi connectivity index (χ0n) is 8.91. The van der Waals surface area contributed by atoms with Gasteiger partial charge in [-0.25, -0.2) is 5.43 Å². The highest BCUT2D eigenvalue weighted by Gasteiger charge is 2.16. The smallest absolute Gasteiger partial charge is 0.0812 e. The van der Waals surface area contributed by atoms with E-state index in [0.717, 1.165) is 0 Å². The standard InChI is InChI=1S/C12H13IN2S/c1-8-4-2-5-9(11(8)13)12(15-14)10-6-3-7-16-10/h2-7,12,15H,14H2,1H3. The Labute approximate surface area is 113 Å². The summed E-state index contributed by atoms with van der Waals surface area (Å²) in [6.45, 7) is 2.12. The van der Waals surface area contributed by atoms with Crippen molar-refractivity contribution in [2.24, 2.45) is 5.84 Å². The molecule has 1 aromatic carbocycles. The summed E-state index contributed by atoms with van der Waals surface area (Å²) in [6.07, 6.45) is 0. The summed E-state index contributed by atoms with van der Waals surface area (Å²) in [6, 6.07) is 10.6. The summed E-state index contributed by atoms with van der Waals surface area (Å²) >= 11 is 4.10. The fourth-order valence-corrected chi connectivity index (χ4v) is 3.15. The van der Waals surface area contributed by atoms with Crippen LogP contribution in [0.2, 0.25) is 0 Å². The van der Waals surface area contributed by atoms with E-state index in [1.54, 1.807) is 11.3 Å². The molecular weight excluding hydrogens is 331 g/mol. The molecule has 2 aromatic rings.